The fraction of sp³-hybridized carbons (Fsp3) is 0.500. The average molecular weight is 277 g/mol. The molecule has 1 rings (SSSR count). The second kappa shape index (κ2) is 7.08. The number of carboxylic acid groups (broad SMARTS) is 1. The Balaban J connectivity index is 2.59. The maximum Gasteiger partial charge on any atom is 0.305 e. The van der Waals surface area contributed by atoms with Crippen LogP contribution in [0.3, 0.4) is 0 Å². The molecule has 0 aliphatic heterocycles. The molecule has 2 N–H and O–H groups in total. The van der Waals surface area contributed by atoms with Crippen molar-refractivity contribution in [3.8, 4) is 0 Å². The van der Waals surface area contributed by atoms with Gasteiger partial charge in [-0.2, -0.15) is 0 Å². The van der Waals surface area contributed by atoms with Gasteiger partial charge in [0.25, 0.3) is 0 Å². The Kier molecular flexibility index (Phi) is 5.74. The van der Waals surface area contributed by atoms with Crippen LogP contribution in [0.15, 0.2) is 30.3 Å². The van der Waals surface area contributed by atoms with E-state index in [2.05, 4.69) is 5.32 Å². The molecule has 0 bridgehead atoms. The Morgan fingerprint density at radius 2 is 1.80 bits per heavy atom. The van der Waals surface area contributed by atoms with Crippen molar-refractivity contribution in [3.63, 3.8) is 0 Å². The van der Waals surface area contributed by atoms with E-state index in [-0.39, 0.29) is 30.2 Å². The molecular formula is C16H23NO3. The molecule has 1 amide bonds. The van der Waals surface area contributed by atoms with E-state index in [0.29, 0.717) is 6.42 Å². The first kappa shape index (κ1) is 16.2. The van der Waals surface area contributed by atoms with Crippen molar-refractivity contribution in [2.45, 2.75) is 46.1 Å². The van der Waals surface area contributed by atoms with E-state index >= 15 is 0 Å². The first-order chi connectivity index (χ1) is 9.26. The highest BCUT2D eigenvalue weighted by Crippen LogP contribution is 2.22. The summed E-state index contributed by atoms with van der Waals surface area (Å²) in [6.45, 7) is 6.10. The molecule has 0 saturated heterocycles. The molecular weight excluding hydrogens is 254 g/mol. The smallest absolute Gasteiger partial charge is 0.305 e. The zero-order valence-electron chi connectivity index (χ0n) is 12.3. The SMILES string of the molecule is CC(C)(C)CC(CC(=O)O)NC(=O)Cc1ccccc1. The third-order valence-corrected chi connectivity index (χ3v) is 2.85. The van der Waals surface area contributed by atoms with E-state index in [1.54, 1.807) is 0 Å². The molecule has 110 valence electrons. The van der Waals surface area contributed by atoms with Crippen LogP contribution < -0.4 is 5.32 Å². The summed E-state index contributed by atoms with van der Waals surface area (Å²) in [5.41, 5.74) is 0.898. The topological polar surface area (TPSA) is 66.4 Å². The van der Waals surface area contributed by atoms with Crippen LogP contribution in [-0.4, -0.2) is 23.0 Å². The third kappa shape index (κ3) is 6.92. The second-order valence-corrected chi connectivity index (χ2v) is 6.29. The molecule has 0 spiro atoms. The summed E-state index contributed by atoms with van der Waals surface area (Å²) < 4.78 is 0. The van der Waals surface area contributed by atoms with Crippen molar-refractivity contribution in [1.29, 1.82) is 0 Å². The van der Waals surface area contributed by atoms with Crippen molar-refractivity contribution < 1.29 is 14.7 Å². The number of aliphatic carboxylic acids is 1. The van der Waals surface area contributed by atoms with Gasteiger partial charge in [-0.05, 0) is 17.4 Å². The van der Waals surface area contributed by atoms with E-state index in [4.69, 9.17) is 5.11 Å². The summed E-state index contributed by atoms with van der Waals surface area (Å²) in [6.07, 6.45) is 0.874. The number of amides is 1. The lowest BCUT2D eigenvalue weighted by molar-refractivity contribution is -0.137. The highest BCUT2D eigenvalue weighted by molar-refractivity contribution is 5.79. The Morgan fingerprint density at radius 3 is 2.30 bits per heavy atom. The van der Waals surface area contributed by atoms with Crippen LogP contribution in [0.1, 0.15) is 39.2 Å². The lowest BCUT2D eigenvalue weighted by Gasteiger charge is -2.25. The normalized spacial score (nSPS) is 12.8. The number of hydrogen-bond donors (Lipinski definition) is 2. The van der Waals surface area contributed by atoms with Crippen LogP contribution in [0.25, 0.3) is 0 Å². The number of rotatable bonds is 6. The molecule has 0 aliphatic carbocycles. The maximum absolute atomic E-state index is 12.0. The summed E-state index contributed by atoms with van der Waals surface area (Å²) in [6, 6.07) is 9.10. The van der Waals surface area contributed by atoms with Crippen molar-refractivity contribution in [3.05, 3.63) is 35.9 Å². The van der Waals surface area contributed by atoms with E-state index in [9.17, 15) is 9.59 Å². The minimum absolute atomic E-state index is 0.0276. The predicted molar refractivity (Wildman–Crippen MR) is 78.4 cm³/mol. The molecule has 1 unspecified atom stereocenters. The monoisotopic (exact) mass is 277 g/mol. The van der Waals surface area contributed by atoms with Gasteiger partial charge in [0.05, 0.1) is 12.8 Å². The van der Waals surface area contributed by atoms with Gasteiger partial charge in [0.2, 0.25) is 5.91 Å². The van der Waals surface area contributed by atoms with E-state index in [0.717, 1.165) is 5.56 Å². The summed E-state index contributed by atoms with van der Waals surface area (Å²) >= 11 is 0. The summed E-state index contributed by atoms with van der Waals surface area (Å²) in [5, 5.41) is 11.8. The van der Waals surface area contributed by atoms with E-state index in [1.807, 2.05) is 51.1 Å². The molecule has 4 heteroatoms. The molecule has 0 aromatic heterocycles. The summed E-state index contributed by atoms with van der Waals surface area (Å²) in [5.74, 6) is -1.02. The summed E-state index contributed by atoms with van der Waals surface area (Å²) in [7, 11) is 0. The van der Waals surface area contributed by atoms with Gasteiger partial charge in [-0.3, -0.25) is 9.59 Å². The molecule has 1 atom stereocenters. The minimum Gasteiger partial charge on any atom is -0.481 e. The molecule has 0 aliphatic rings. The van der Waals surface area contributed by atoms with Gasteiger partial charge in [-0.1, -0.05) is 51.1 Å². The zero-order chi connectivity index (χ0) is 15.2. The van der Waals surface area contributed by atoms with Crippen molar-refractivity contribution in [2.75, 3.05) is 0 Å². The van der Waals surface area contributed by atoms with Crippen molar-refractivity contribution >= 4 is 11.9 Å². The predicted octanol–water partition coefficient (Wildman–Crippen LogP) is 2.62. The fourth-order valence-corrected chi connectivity index (χ4v) is 2.18. The largest absolute Gasteiger partial charge is 0.481 e. The molecule has 4 nitrogen and oxygen atoms in total. The van der Waals surface area contributed by atoms with Gasteiger partial charge >= 0.3 is 5.97 Å². The fourth-order valence-electron chi connectivity index (χ4n) is 2.18. The molecule has 20 heavy (non-hydrogen) atoms. The minimum atomic E-state index is -0.890. The molecule has 0 fully saturated rings. The number of hydrogen-bond acceptors (Lipinski definition) is 2. The number of nitrogens with one attached hydrogen (secondary N) is 1. The van der Waals surface area contributed by atoms with Crippen LogP contribution in [0.5, 0.6) is 0 Å². The van der Waals surface area contributed by atoms with Crippen LogP contribution in [0.2, 0.25) is 0 Å². The molecule has 0 saturated carbocycles. The Bertz CT molecular complexity index is 449. The number of benzene rings is 1. The quantitative estimate of drug-likeness (QED) is 0.840. The van der Waals surface area contributed by atoms with Gasteiger partial charge in [0, 0.05) is 6.04 Å². The lowest BCUT2D eigenvalue weighted by atomic mass is 9.87. The van der Waals surface area contributed by atoms with E-state index in [1.165, 1.54) is 0 Å². The summed E-state index contributed by atoms with van der Waals surface area (Å²) in [4.78, 5) is 22.9. The standard InChI is InChI=1S/C16H23NO3/c1-16(2,3)11-13(10-15(19)20)17-14(18)9-12-7-5-4-6-8-12/h4-8,13H,9-11H2,1-3H3,(H,17,18)(H,19,20). The van der Waals surface area contributed by atoms with Crippen molar-refractivity contribution in [2.24, 2.45) is 5.41 Å². The van der Waals surface area contributed by atoms with Crippen LogP contribution in [0.4, 0.5) is 0 Å². The van der Waals surface area contributed by atoms with Gasteiger partial charge in [-0.25, -0.2) is 0 Å². The van der Waals surface area contributed by atoms with Gasteiger partial charge in [0.1, 0.15) is 0 Å². The Hall–Kier alpha value is -1.84. The number of carbonyl (C=O) groups is 2. The van der Waals surface area contributed by atoms with Crippen LogP contribution >= 0.6 is 0 Å². The zero-order valence-corrected chi connectivity index (χ0v) is 12.3. The van der Waals surface area contributed by atoms with Crippen LogP contribution in [0, 0.1) is 5.41 Å². The average Bonchev–Trinajstić information content (AvgIpc) is 2.26. The third-order valence-electron chi connectivity index (χ3n) is 2.85. The lowest BCUT2D eigenvalue weighted by Crippen LogP contribution is -2.39. The Morgan fingerprint density at radius 1 is 1.20 bits per heavy atom. The Labute approximate surface area is 120 Å². The number of carbonyl (C=O) groups excluding carboxylic acids is 1. The highest BCUT2D eigenvalue weighted by atomic mass is 16.4. The molecule has 1 aromatic carbocycles. The molecule has 0 radical (unpaired) electrons. The van der Waals surface area contributed by atoms with Crippen LogP contribution in [-0.2, 0) is 16.0 Å². The first-order valence-electron chi connectivity index (χ1n) is 6.81. The maximum atomic E-state index is 12.0. The van der Waals surface area contributed by atoms with Gasteiger partial charge in [0.15, 0.2) is 0 Å². The molecule has 1 aromatic rings. The van der Waals surface area contributed by atoms with Gasteiger partial charge < -0.3 is 10.4 Å². The first-order valence-corrected chi connectivity index (χ1v) is 6.81. The van der Waals surface area contributed by atoms with E-state index < -0.39 is 5.97 Å². The second-order valence-electron chi connectivity index (χ2n) is 6.29. The van der Waals surface area contributed by atoms with Crippen molar-refractivity contribution in [1.82, 2.24) is 5.32 Å². The highest BCUT2D eigenvalue weighted by Gasteiger charge is 2.22. The van der Waals surface area contributed by atoms with Gasteiger partial charge in [-0.15, -0.1) is 0 Å². The molecule has 0 heterocycles. The number of carboxylic acids is 1.